The minimum Gasteiger partial charge on any atom is -0.396 e. The summed E-state index contributed by atoms with van der Waals surface area (Å²) in [5, 5.41) is 13.4. The maximum atomic E-state index is 9.11. The Labute approximate surface area is 116 Å². The highest BCUT2D eigenvalue weighted by Crippen LogP contribution is 2.16. The van der Waals surface area contributed by atoms with Gasteiger partial charge in [0.1, 0.15) is 0 Å². The maximum absolute atomic E-state index is 9.11. The van der Waals surface area contributed by atoms with Crippen LogP contribution in [-0.2, 0) is 6.54 Å². The fourth-order valence-electron chi connectivity index (χ4n) is 2.77. The van der Waals surface area contributed by atoms with E-state index in [1.165, 1.54) is 57.3 Å². The topological polar surface area (TPSA) is 41.3 Å². The van der Waals surface area contributed by atoms with Crippen LogP contribution in [0.5, 0.6) is 0 Å². The second-order valence-electron chi connectivity index (χ2n) is 5.81. The Hall–Kier alpha value is -0.870. The van der Waals surface area contributed by atoms with Crippen LogP contribution in [0.4, 0.5) is 0 Å². The van der Waals surface area contributed by atoms with Crippen molar-refractivity contribution in [3.05, 3.63) is 18.0 Å². The van der Waals surface area contributed by atoms with Crippen molar-refractivity contribution in [3.8, 4) is 0 Å². The third-order valence-electron chi connectivity index (χ3n) is 4.09. The molecule has 19 heavy (non-hydrogen) atoms. The first-order chi connectivity index (χ1) is 9.28. The van der Waals surface area contributed by atoms with Gasteiger partial charge in [-0.05, 0) is 63.7 Å². The molecule has 1 aromatic rings. The largest absolute Gasteiger partial charge is 0.396 e. The highest BCUT2D eigenvalue weighted by Gasteiger charge is 2.17. The Bertz CT molecular complexity index is 356. The normalized spacial score (nSPS) is 18.0. The summed E-state index contributed by atoms with van der Waals surface area (Å²) in [4.78, 5) is 2.55. The molecule has 0 unspecified atom stereocenters. The van der Waals surface area contributed by atoms with E-state index in [0.717, 1.165) is 6.54 Å². The summed E-state index contributed by atoms with van der Waals surface area (Å²) in [5.74, 6) is 0.555. The molecule has 1 aliphatic rings. The van der Waals surface area contributed by atoms with Crippen molar-refractivity contribution in [2.75, 3.05) is 26.2 Å². The fraction of sp³-hybridized carbons (Fsp3) is 0.800. The predicted octanol–water partition coefficient (Wildman–Crippen LogP) is 2.07. The minimum atomic E-state index is 0.372. The molecule has 0 radical (unpaired) electrons. The van der Waals surface area contributed by atoms with Gasteiger partial charge in [-0.1, -0.05) is 6.42 Å². The zero-order chi connectivity index (χ0) is 13.5. The number of likely N-dealkylation sites (tertiary alicyclic amines) is 1. The second kappa shape index (κ2) is 7.65. The van der Waals surface area contributed by atoms with Gasteiger partial charge in [-0.25, -0.2) is 0 Å². The third-order valence-corrected chi connectivity index (χ3v) is 4.09. The molecule has 4 heteroatoms. The van der Waals surface area contributed by atoms with Crippen molar-refractivity contribution < 1.29 is 5.11 Å². The van der Waals surface area contributed by atoms with E-state index in [1.807, 2.05) is 10.9 Å². The summed E-state index contributed by atoms with van der Waals surface area (Å²) in [7, 11) is 0. The number of hydrogen-bond acceptors (Lipinski definition) is 3. The lowest BCUT2D eigenvalue weighted by atomic mass is 9.98. The number of aryl methyl sites for hydroxylation is 2. The summed E-state index contributed by atoms with van der Waals surface area (Å²) in [6.07, 6.45) is 10.1. The first-order valence-corrected chi connectivity index (χ1v) is 7.60. The summed E-state index contributed by atoms with van der Waals surface area (Å²) in [6, 6.07) is 0. The molecule has 1 saturated heterocycles. The SMILES string of the molecule is Cc1cnn(CCCCCN2CCC(CO)CC2)c1. The van der Waals surface area contributed by atoms with Crippen LogP contribution in [0.1, 0.15) is 37.7 Å². The van der Waals surface area contributed by atoms with Gasteiger partial charge < -0.3 is 10.0 Å². The smallest absolute Gasteiger partial charge is 0.0518 e. The molecule has 0 aliphatic carbocycles. The lowest BCUT2D eigenvalue weighted by Gasteiger charge is -2.30. The average Bonchev–Trinajstić information content (AvgIpc) is 2.85. The van der Waals surface area contributed by atoms with Crippen LogP contribution in [-0.4, -0.2) is 46.0 Å². The summed E-state index contributed by atoms with van der Waals surface area (Å²) < 4.78 is 2.04. The minimum absolute atomic E-state index is 0.372. The van der Waals surface area contributed by atoms with Gasteiger partial charge >= 0.3 is 0 Å². The summed E-state index contributed by atoms with van der Waals surface area (Å²) in [6.45, 7) is 7.06. The zero-order valence-electron chi connectivity index (χ0n) is 12.1. The number of unbranched alkanes of at least 4 members (excludes halogenated alkanes) is 2. The standard InChI is InChI=1S/C15H27N3O/c1-14-11-16-18(12-14)8-4-2-3-7-17-9-5-15(13-19)6-10-17/h11-12,15,19H,2-10,13H2,1H3. The molecule has 2 rings (SSSR count). The highest BCUT2D eigenvalue weighted by molar-refractivity contribution is 4.99. The molecular formula is C15H27N3O. The quantitative estimate of drug-likeness (QED) is 0.767. The van der Waals surface area contributed by atoms with Crippen LogP contribution in [0, 0.1) is 12.8 Å². The number of aromatic nitrogens is 2. The Morgan fingerprint density at radius 1 is 1.21 bits per heavy atom. The molecule has 1 aliphatic heterocycles. The van der Waals surface area contributed by atoms with Crippen molar-refractivity contribution >= 4 is 0 Å². The van der Waals surface area contributed by atoms with Crippen LogP contribution in [0.3, 0.4) is 0 Å². The molecule has 0 amide bonds. The first kappa shape index (κ1) is 14.5. The van der Waals surface area contributed by atoms with Crippen LogP contribution in [0.15, 0.2) is 12.4 Å². The molecule has 0 aromatic carbocycles. The van der Waals surface area contributed by atoms with Gasteiger partial charge in [-0.3, -0.25) is 4.68 Å². The predicted molar refractivity (Wildman–Crippen MR) is 77.1 cm³/mol. The Kier molecular flexibility index (Phi) is 5.86. The number of hydrogen-bond donors (Lipinski definition) is 1. The number of aliphatic hydroxyl groups excluding tert-OH is 1. The molecular weight excluding hydrogens is 238 g/mol. The van der Waals surface area contributed by atoms with Gasteiger partial charge in [0.15, 0.2) is 0 Å². The van der Waals surface area contributed by atoms with E-state index in [0.29, 0.717) is 12.5 Å². The van der Waals surface area contributed by atoms with Crippen molar-refractivity contribution in [3.63, 3.8) is 0 Å². The Morgan fingerprint density at radius 3 is 2.58 bits per heavy atom. The van der Waals surface area contributed by atoms with Crippen LogP contribution in [0.25, 0.3) is 0 Å². The molecule has 0 atom stereocenters. The molecule has 4 nitrogen and oxygen atoms in total. The number of piperidine rings is 1. The van der Waals surface area contributed by atoms with Crippen molar-refractivity contribution in [1.82, 2.24) is 14.7 Å². The molecule has 0 saturated carbocycles. The van der Waals surface area contributed by atoms with Crippen LogP contribution >= 0.6 is 0 Å². The number of aliphatic hydroxyl groups is 1. The zero-order valence-corrected chi connectivity index (χ0v) is 12.1. The van der Waals surface area contributed by atoms with E-state index >= 15 is 0 Å². The molecule has 0 bridgehead atoms. The van der Waals surface area contributed by atoms with Crippen molar-refractivity contribution in [2.45, 2.75) is 45.6 Å². The summed E-state index contributed by atoms with van der Waals surface area (Å²) >= 11 is 0. The van der Waals surface area contributed by atoms with Crippen molar-refractivity contribution in [2.24, 2.45) is 5.92 Å². The highest BCUT2D eigenvalue weighted by atomic mass is 16.3. The van der Waals surface area contributed by atoms with E-state index in [-0.39, 0.29) is 0 Å². The molecule has 0 spiro atoms. The maximum Gasteiger partial charge on any atom is 0.0518 e. The Balaban J connectivity index is 1.50. The van der Waals surface area contributed by atoms with Crippen LogP contribution in [0.2, 0.25) is 0 Å². The first-order valence-electron chi connectivity index (χ1n) is 7.60. The third kappa shape index (κ3) is 4.96. The van der Waals surface area contributed by atoms with Gasteiger partial charge in [0.2, 0.25) is 0 Å². The summed E-state index contributed by atoms with van der Waals surface area (Å²) in [5.41, 5.74) is 1.24. The van der Waals surface area contributed by atoms with Crippen molar-refractivity contribution in [1.29, 1.82) is 0 Å². The van der Waals surface area contributed by atoms with Gasteiger partial charge in [-0.15, -0.1) is 0 Å². The molecule has 2 heterocycles. The van der Waals surface area contributed by atoms with Gasteiger partial charge in [0, 0.05) is 19.3 Å². The van der Waals surface area contributed by atoms with E-state index in [1.54, 1.807) is 0 Å². The van der Waals surface area contributed by atoms with Crippen LogP contribution < -0.4 is 0 Å². The van der Waals surface area contributed by atoms with E-state index in [9.17, 15) is 0 Å². The number of rotatable bonds is 7. The molecule has 1 aromatic heterocycles. The fourth-order valence-corrected chi connectivity index (χ4v) is 2.77. The monoisotopic (exact) mass is 265 g/mol. The van der Waals surface area contributed by atoms with Gasteiger partial charge in [-0.2, -0.15) is 5.10 Å². The van der Waals surface area contributed by atoms with E-state index in [2.05, 4.69) is 23.1 Å². The molecule has 108 valence electrons. The Morgan fingerprint density at radius 2 is 1.95 bits per heavy atom. The van der Waals surface area contributed by atoms with E-state index in [4.69, 9.17) is 5.11 Å². The van der Waals surface area contributed by atoms with Gasteiger partial charge in [0.05, 0.1) is 6.20 Å². The molecule has 1 fully saturated rings. The number of nitrogens with zero attached hydrogens (tertiary/aromatic N) is 3. The average molecular weight is 265 g/mol. The van der Waals surface area contributed by atoms with E-state index < -0.39 is 0 Å². The lowest BCUT2D eigenvalue weighted by molar-refractivity contribution is 0.130. The van der Waals surface area contributed by atoms with Gasteiger partial charge in [0.25, 0.3) is 0 Å². The second-order valence-corrected chi connectivity index (χ2v) is 5.81. The molecule has 1 N–H and O–H groups in total. The lowest BCUT2D eigenvalue weighted by Crippen LogP contribution is -2.35.